The zero-order chi connectivity index (χ0) is 27.8. The molecule has 0 amide bonds. The predicted molar refractivity (Wildman–Crippen MR) is 156 cm³/mol. The minimum atomic E-state index is -0.626. The van der Waals surface area contributed by atoms with Gasteiger partial charge in [0.25, 0.3) is 0 Å². The summed E-state index contributed by atoms with van der Waals surface area (Å²) in [5.74, 6) is -0.352. The molecule has 0 aromatic heterocycles. The molecule has 1 aliphatic carbocycles. The summed E-state index contributed by atoms with van der Waals surface area (Å²) < 4.78 is 15.0. The number of carbonyl (C=O) groups is 1. The Balaban J connectivity index is 1.65. The van der Waals surface area contributed by atoms with E-state index in [1.54, 1.807) is 47.0 Å². The average molecular weight is 579 g/mol. The van der Waals surface area contributed by atoms with Crippen molar-refractivity contribution in [2.75, 3.05) is 4.90 Å². The number of aryl methyl sites for hydroxylation is 1. The normalized spacial score (nSPS) is 17.4. The number of hydrogen-bond acceptors (Lipinski definition) is 5. The summed E-state index contributed by atoms with van der Waals surface area (Å²) in [5, 5.41) is 11.6. The van der Waals surface area contributed by atoms with Gasteiger partial charge < -0.3 is 5.73 Å². The van der Waals surface area contributed by atoms with E-state index in [-0.39, 0.29) is 22.9 Å². The van der Waals surface area contributed by atoms with Crippen LogP contribution < -0.4 is 10.6 Å². The Kier molecular flexibility index (Phi) is 7.77. The van der Waals surface area contributed by atoms with E-state index in [0.717, 1.165) is 27.1 Å². The lowest BCUT2D eigenvalue weighted by Gasteiger charge is -2.40. The van der Waals surface area contributed by atoms with E-state index in [9.17, 15) is 14.4 Å². The summed E-state index contributed by atoms with van der Waals surface area (Å²) in [6.07, 6.45) is 1.58. The number of para-hydroxylation sites is 1. The lowest BCUT2D eigenvalue weighted by atomic mass is 9.73. The number of ketones is 1. The molecule has 1 aliphatic heterocycles. The molecule has 1 heterocycles. The predicted octanol–water partition coefficient (Wildman–Crippen LogP) is 8.35. The minimum absolute atomic E-state index is 0.0367. The van der Waals surface area contributed by atoms with E-state index in [2.05, 4.69) is 12.1 Å². The van der Waals surface area contributed by atoms with Gasteiger partial charge in [0.15, 0.2) is 5.78 Å². The maximum absolute atomic E-state index is 15.0. The third-order valence-corrected chi connectivity index (χ3v) is 9.07. The fourth-order valence-electron chi connectivity index (χ4n) is 5.46. The molecule has 2 aliphatic rings. The Morgan fingerprint density at radius 2 is 1.90 bits per heavy atom. The summed E-state index contributed by atoms with van der Waals surface area (Å²) in [7, 11) is 0. The first-order chi connectivity index (χ1) is 18.7. The standard InChI is InChI=1S/C31H26Cl2FN3OS/c1-17-12-19(16-39-28-14-20(32)10-11-23(28)33)18(2)21(13-17)29-22(15-35)31(36)37(25-7-4-3-6-24(25)34)26-8-5-9-27(38)30(26)29/h3-4,6-7,10-14,29H,5,8-9,16,36H2,1-2H3. The second-order valence-electron chi connectivity index (χ2n) is 9.77. The Hall–Kier alpha value is -3.24. The molecule has 1 unspecified atom stereocenters. The summed E-state index contributed by atoms with van der Waals surface area (Å²) in [6, 6.07) is 18.1. The largest absolute Gasteiger partial charge is 0.384 e. The Bertz CT molecular complexity index is 1610. The third-order valence-electron chi connectivity index (χ3n) is 7.29. The molecule has 0 radical (unpaired) electrons. The molecule has 3 aromatic carbocycles. The highest BCUT2D eigenvalue weighted by Gasteiger charge is 2.41. The van der Waals surface area contributed by atoms with Crippen molar-refractivity contribution in [1.82, 2.24) is 0 Å². The molecule has 0 bridgehead atoms. The summed E-state index contributed by atoms with van der Waals surface area (Å²) in [5.41, 5.74) is 12.2. The average Bonchev–Trinajstić information content (AvgIpc) is 2.91. The smallest absolute Gasteiger partial charge is 0.161 e. The van der Waals surface area contributed by atoms with Crippen LogP contribution in [0.25, 0.3) is 0 Å². The third kappa shape index (κ3) is 5.07. The second kappa shape index (κ2) is 11.1. The van der Waals surface area contributed by atoms with Crippen LogP contribution in [0.4, 0.5) is 10.1 Å². The Labute approximate surface area is 241 Å². The molecule has 1 atom stereocenters. The van der Waals surface area contributed by atoms with Crippen LogP contribution in [0.1, 0.15) is 47.4 Å². The Morgan fingerprint density at radius 3 is 2.64 bits per heavy atom. The minimum Gasteiger partial charge on any atom is -0.384 e. The fourth-order valence-corrected chi connectivity index (χ4v) is 7.01. The van der Waals surface area contributed by atoms with Gasteiger partial charge in [0, 0.05) is 33.4 Å². The topological polar surface area (TPSA) is 70.1 Å². The first-order valence-corrected chi connectivity index (χ1v) is 14.3. The van der Waals surface area contributed by atoms with Crippen molar-refractivity contribution in [3.8, 4) is 6.07 Å². The molecule has 0 saturated heterocycles. The summed E-state index contributed by atoms with van der Waals surface area (Å²) >= 11 is 14.2. The van der Waals surface area contributed by atoms with Gasteiger partial charge in [-0.15, -0.1) is 11.8 Å². The van der Waals surface area contributed by atoms with E-state index >= 15 is 0 Å². The zero-order valence-corrected chi connectivity index (χ0v) is 23.9. The monoisotopic (exact) mass is 577 g/mol. The van der Waals surface area contributed by atoms with Crippen molar-refractivity contribution in [2.45, 2.75) is 49.7 Å². The van der Waals surface area contributed by atoms with Crippen molar-refractivity contribution in [1.29, 1.82) is 5.26 Å². The molecular weight excluding hydrogens is 552 g/mol. The molecule has 4 nitrogen and oxygen atoms in total. The van der Waals surface area contributed by atoms with E-state index in [1.807, 2.05) is 26.0 Å². The number of Topliss-reactive ketones (excluding diaryl/α,β-unsaturated/α-hetero) is 1. The number of carbonyl (C=O) groups excluding carboxylic acids is 1. The lowest BCUT2D eigenvalue weighted by Crippen LogP contribution is -2.39. The number of allylic oxidation sites excluding steroid dienone is 3. The van der Waals surface area contributed by atoms with Crippen molar-refractivity contribution in [3.63, 3.8) is 0 Å². The van der Waals surface area contributed by atoms with Gasteiger partial charge in [-0.25, -0.2) is 4.39 Å². The number of rotatable bonds is 5. The highest BCUT2D eigenvalue weighted by molar-refractivity contribution is 7.98. The molecule has 8 heteroatoms. The van der Waals surface area contributed by atoms with Crippen LogP contribution in [-0.4, -0.2) is 5.78 Å². The number of thioether (sulfide) groups is 1. The SMILES string of the molecule is Cc1cc(CSc2cc(Cl)ccc2Cl)c(C)c(C2C(C#N)=C(N)N(c3ccccc3F)C3=C2C(=O)CCC3)c1. The van der Waals surface area contributed by atoms with Crippen LogP contribution in [0.3, 0.4) is 0 Å². The van der Waals surface area contributed by atoms with Gasteiger partial charge in [-0.2, -0.15) is 5.26 Å². The lowest BCUT2D eigenvalue weighted by molar-refractivity contribution is -0.116. The number of benzene rings is 3. The van der Waals surface area contributed by atoms with E-state index < -0.39 is 11.7 Å². The first kappa shape index (κ1) is 27.3. The number of nitriles is 1. The van der Waals surface area contributed by atoms with Gasteiger partial charge in [0.2, 0.25) is 0 Å². The molecule has 39 heavy (non-hydrogen) atoms. The van der Waals surface area contributed by atoms with Crippen LogP contribution in [0.15, 0.2) is 82.2 Å². The number of hydrogen-bond donors (Lipinski definition) is 1. The molecular formula is C31H26Cl2FN3OS. The molecule has 2 N–H and O–H groups in total. The molecule has 198 valence electrons. The van der Waals surface area contributed by atoms with Crippen LogP contribution in [0.2, 0.25) is 10.0 Å². The number of nitrogens with two attached hydrogens (primary N) is 1. The van der Waals surface area contributed by atoms with E-state index in [4.69, 9.17) is 28.9 Å². The summed E-state index contributed by atoms with van der Waals surface area (Å²) in [6.45, 7) is 4.00. The molecule has 0 saturated carbocycles. The van der Waals surface area contributed by atoms with Crippen molar-refractivity contribution in [3.05, 3.63) is 115 Å². The second-order valence-corrected chi connectivity index (χ2v) is 11.6. The maximum Gasteiger partial charge on any atom is 0.161 e. The Morgan fingerprint density at radius 1 is 1.13 bits per heavy atom. The molecule has 5 rings (SSSR count). The quantitative estimate of drug-likeness (QED) is 0.308. The van der Waals surface area contributed by atoms with Gasteiger partial charge in [0.1, 0.15) is 11.6 Å². The van der Waals surface area contributed by atoms with Gasteiger partial charge in [0.05, 0.1) is 28.3 Å². The first-order valence-electron chi connectivity index (χ1n) is 12.6. The van der Waals surface area contributed by atoms with Gasteiger partial charge in [-0.05, 0) is 73.7 Å². The van der Waals surface area contributed by atoms with E-state index in [1.165, 1.54) is 6.07 Å². The number of anilines is 1. The van der Waals surface area contributed by atoms with Crippen LogP contribution in [0, 0.1) is 31.0 Å². The van der Waals surface area contributed by atoms with Crippen LogP contribution in [0.5, 0.6) is 0 Å². The van der Waals surface area contributed by atoms with E-state index in [0.29, 0.717) is 46.3 Å². The zero-order valence-electron chi connectivity index (χ0n) is 21.5. The highest BCUT2D eigenvalue weighted by atomic mass is 35.5. The van der Waals surface area contributed by atoms with Gasteiger partial charge in [-0.3, -0.25) is 9.69 Å². The molecule has 3 aromatic rings. The molecule has 0 fully saturated rings. The maximum atomic E-state index is 15.0. The van der Waals surface area contributed by atoms with Crippen LogP contribution >= 0.6 is 35.0 Å². The van der Waals surface area contributed by atoms with Crippen LogP contribution in [-0.2, 0) is 10.5 Å². The van der Waals surface area contributed by atoms with Gasteiger partial charge >= 0.3 is 0 Å². The summed E-state index contributed by atoms with van der Waals surface area (Å²) in [4.78, 5) is 16.0. The highest BCUT2D eigenvalue weighted by Crippen LogP contribution is 2.48. The van der Waals surface area contributed by atoms with Crippen molar-refractivity contribution >= 4 is 46.4 Å². The number of nitrogens with zero attached hydrogens (tertiary/aromatic N) is 2. The van der Waals surface area contributed by atoms with Gasteiger partial charge in [-0.1, -0.05) is 53.0 Å². The van der Waals surface area contributed by atoms with Crippen molar-refractivity contribution in [2.24, 2.45) is 5.73 Å². The van der Waals surface area contributed by atoms with Crippen molar-refractivity contribution < 1.29 is 9.18 Å². The molecule has 0 spiro atoms. The fraction of sp³-hybridized carbons (Fsp3) is 0.226. The number of halogens is 3.